The molecule has 0 atom stereocenters. The third-order valence-corrected chi connectivity index (χ3v) is 5.33. The Labute approximate surface area is 169 Å². The molecule has 5 nitrogen and oxygen atoms in total. The maximum absolute atomic E-state index is 13.5. The Morgan fingerprint density at radius 1 is 0.867 bits per heavy atom. The van der Waals surface area contributed by atoms with Gasteiger partial charge in [0.15, 0.2) is 0 Å². The number of benzene rings is 3. The second-order valence-corrected chi connectivity index (χ2v) is 7.82. The number of alkyl halides is 3. The maximum atomic E-state index is 13.5. The van der Waals surface area contributed by atoms with Crippen molar-refractivity contribution in [2.75, 3.05) is 10.0 Å². The van der Waals surface area contributed by atoms with Crippen molar-refractivity contribution >= 4 is 27.3 Å². The highest BCUT2D eigenvalue weighted by Crippen LogP contribution is 2.37. The van der Waals surface area contributed by atoms with Crippen LogP contribution < -0.4 is 10.0 Å². The second kappa shape index (κ2) is 8.15. The van der Waals surface area contributed by atoms with Gasteiger partial charge in [-0.05, 0) is 48.5 Å². The van der Waals surface area contributed by atoms with Crippen molar-refractivity contribution in [1.82, 2.24) is 0 Å². The average Bonchev–Trinajstić information content (AvgIpc) is 2.69. The molecule has 0 spiro atoms. The van der Waals surface area contributed by atoms with Gasteiger partial charge in [-0.3, -0.25) is 9.52 Å². The minimum atomic E-state index is -4.92. The Bertz CT molecular complexity index is 1180. The van der Waals surface area contributed by atoms with Gasteiger partial charge in [0.2, 0.25) is 0 Å². The van der Waals surface area contributed by atoms with Crippen molar-refractivity contribution in [2.24, 2.45) is 0 Å². The molecular weight excluding hydrogens is 424 g/mol. The number of rotatable bonds is 5. The molecule has 0 aromatic heterocycles. The predicted molar refractivity (Wildman–Crippen MR) is 103 cm³/mol. The van der Waals surface area contributed by atoms with Gasteiger partial charge in [0.05, 0.1) is 16.1 Å². The minimum Gasteiger partial charge on any atom is -0.322 e. The fourth-order valence-electron chi connectivity index (χ4n) is 2.58. The molecule has 1 amide bonds. The highest BCUT2D eigenvalue weighted by Gasteiger charge is 2.35. The molecule has 30 heavy (non-hydrogen) atoms. The summed E-state index contributed by atoms with van der Waals surface area (Å²) in [6, 6.07) is 14.3. The molecule has 10 heteroatoms. The summed E-state index contributed by atoms with van der Waals surface area (Å²) in [4.78, 5) is 11.6. The Morgan fingerprint density at radius 3 is 2.20 bits per heavy atom. The molecule has 0 aliphatic heterocycles. The number of carbonyl (C=O) groups excluding carboxylic acids is 1. The molecule has 2 N–H and O–H groups in total. The number of halogens is 4. The molecule has 0 unspecified atom stereocenters. The lowest BCUT2D eigenvalue weighted by atomic mass is 10.1. The van der Waals surface area contributed by atoms with Crippen LogP contribution in [0.2, 0.25) is 0 Å². The van der Waals surface area contributed by atoms with E-state index in [1.807, 2.05) is 4.72 Å². The van der Waals surface area contributed by atoms with Gasteiger partial charge in [-0.1, -0.05) is 24.3 Å². The molecule has 156 valence electrons. The molecule has 0 saturated heterocycles. The summed E-state index contributed by atoms with van der Waals surface area (Å²) in [5.41, 5.74) is -2.01. The monoisotopic (exact) mass is 438 g/mol. The van der Waals surface area contributed by atoms with E-state index in [2.05, 4.69) is 5.32 Å². The lowest BCUT2D eigenvalue weighted by Gasteiger charge is -2.16. The highest BCUT2D eigenvalue weighted by molar-refractivity contribution is 7.92. The van der Waals surface area contributed by atoms with E-state index in [0.717, 1.165) is 30.3 Å². The SMILES string of the molecule is O=C(Nc1ccc(NS(=O)(=O)c2cccc(F)c2)c(C(F)(F)F)c1)c1ccccc1. The molecule has 0 saturated carbocycles. The molecule has 0 fully saturated rings. The Kier molecular flexibility index (Phi) is 5.79. The highest BCUT2D eigenvalue weighted by atomic mass is 32.2. The Balaban J connectivity index is 1.93. The third-order valence-electron chi connectivity index (χ3n) is 3.97. The largest absolute Gasteiger partial charge is 0.418 e. The van der Waals surface area contributed by atoms with Gasteiger partial charge in [-0.2, -0.15) is 13.2 Å². The first-order valence-electron chi connectivity index (χ1n) is 8.42. The van der Waals surface area contributed by atoms with Crippen LogP contribution in [0.25, 0.3) is 0 Å². The first-order valence-corrected chi connectivity index (χ1v) is 9.90. The third kappa shape index (κ3) is 4.95. The standard InChI is InChI=1S/C20H14F4N2O3S/c21-14-7-4-8-16(11-14)30(28,29)26-18-10-9-15(12-17(18)20(22,23)24)25-19(27)13-5-2-1-3-6-13/h1-12,26H,(H,25,27). The van der Waals surface area contributed by atoms with Gasteiger partial charge in [0.1, 0.15) is 5.82 Å². The smallest absolute Gasteiger partial charge is 0.322 e. The van der Waals surface area contributed by atoms with Crippen LogP contribution >= 0.6 is 0 Å². The van der Waals surface area contributed by atoms with Crippen molar-refractivity contribution < 1.29 is 30.8 Å². The summed E-state index contributed by atoms with van der Waals surface area (Å²) in [7, 11) is -4.47. The fraction of sp³-hybridized carbons (Fsp3) is 0.0500. The summed E-state index contributed by atoms with van der Waals surface area (Å²) >= 11 is 0. The number of hydrogen-bond donors (Lipinski definition) is 2. The molecule has 3 aromatic rings. The molecule has 0 radical (unpaired) electrons. The van der Waals surface area contributed by atoms with Crippen LogP contribution in [-0.4, -0.2) is 14.3 Å². The van der Waals surface area contributed by atoms with Gasteiger partial charge in [-0.15, -0.1) is 0 Å². The van der Waals surface area contributed by atoms with E-state index in [-0.39, 0.29) is 11.3 Å². The number of hydrogen-bond acceptors (Lipinski definition) is 3. The first kappa shape index (κ1) is 21.3. The quantitative estimate of drug-likeness (QED) is 0.557. The van der Waals surface area contributed by atoms with Crippen LogP contribution in [0.5, 0.6) is 0 Å². The molecular formula is C20H14F4N2O3S. The normalized spacial score (nSPS) is 11.7. The lowest BCUT2D eigenvalue weighted by Crippen LogP contribution is -2.18. The molecule has 0 aliphatic rings. The summed E-state index contributed by atoms with van der Waals surface area (Å²) in [5, 5.41) is 2.33. The van der Waals surface area contributed by atoms with Crippen LogP contribution in [0, 0.1) is 5.82 Å². The van der Waals surface area contributed by atoms with E-state index in [0.29, 0.717) is 12.1 Å². The zero-order valence-corrected chi connectivity index (χ0v) is 15.9. The number of carbonyl (C=O) groups is 1. The molecule has 3 aromatic carbocycles. The van der Waals surface area contributed by atoms with Crippen LogP contribution in [0.4, 0.5) is 28.9 Å². The second-order valence-electron chi connectivity index (χ2n) is 6.14. The van der Waals surface area contributed by atoms with E-state index in [1.54, 1.807) is 18.2 Å². The maximum Gasteiger partial charge on any atom is 0.418 e. The predicted octanol–water partition coefficient (Wildman–Crippen LogP) is 4.90. The number of amides is 1. The lowest BCUT2D eigenvalue weighted by molar-refractivity contribution is -0.136. The summed E-state index contributed by atoms with van der Waals surface area (Å²) in [6.07, 6.45) is -4.92. The summed E-state index contributed by atoms with van der Waals surface area (Å²) < 4.78 is 80.4. The fourth-order valence-corrected chi connectivity index (χ4v) is 3.69. The number of anilines is 2. The van der Waals surface area contributed by atoms with Gasteiger partial charge in [0.25, 0.3) is 15.9 Å². The first-order chi connectivity index (χ1) is 14.1. The van der Waals surface area contributed by atoms with Gasteiger partial charge in [0, 0.05) is 11.3 Å². The van der Waals surface area contributed by atoms with Crippen LogP contribution in [-0.2, 0) is 16.2 Å². The van der Waals surface area contributed by atoms with Gasteiger partial charge in [-0.25, -0.2) is 12.8 Å². The summed E-state index contributed by atoms with van der Waals surface area (Å²) in [6.45, 7) is 0. The molecule has 0 aliphatic carbocycles. The van der Waals surface area contributed by atoms with Crippen LogP contribution in [0.15, 0.2) is 77.7 Å². The molecule has 0 heterocycles. The van der Waals surface area contributed by atoms with Crippen molar-refractivity contribution in [1.29, 1.82) is 0 Å². The Hall–Kier alpha value is -3.40. The Morgan fingerprint density at radius 2 is 1.57 bits per heavy atom. The van der Waals surface area contributed by atoms with Crippen molar-refractivity contribution in [2.45, 2.75) is 11.1 Å². The van der Waals surface area contributed by atoms with E-state index >= 15 is 0 Å². The number of nitrogens with one attached hydrogen (secondary N) is 2. The van der Waals surface area contributed by atoms with Crippen molar-refractivity contribution in [3.05, 3.63) is 89.7 Å². The van der Waals surface area contributed by atoms with Crippen LogP contribution in [0.3, 0.4) is 0 Å². The topological polar surface area (TPSA) is 75.3 Å². The zero-order valence-electron chi connectivity index (χ0n) is 15.1. The van der Waals surface area contributed by atoms with E-state index in [9.17, 15) is 30.8 Å². The van der Waals surface area contributed by atoms with Crippen molar-refractivity contribution in [3.63, 3.8) is 0 Å². The van der Waals surface area contributed by atoms with Gasteiger partial charge < -0.3 is 5.32 Å². The minimum absolute atomic E-state index is 0.176. The van der Waals surface area contributed by atoms with Crippen molar-refractivity contribution in [3.8, 4) is 0 Å². The summed E-state index contributed by atoms with van der Waals surface area (Å²) in [5.74, 6) is -1.48. The zero-order chi connectivity index (χ0) is 21.9. The number of sulfonamides is 1. The van der Waals surface area contributed by atoms with Gasteiger partial charge >= 0.3 is 6.18 Å². The molecule has 3 rings (SSSR count). The van der Waals surface area contributed by atoms with E-state index < -0.39 is 44.1 Å². The average molecular weight is 438 g/mol. The molecule has 0 bridgehead atoms. The van der Waals surface area contributed by atoms with Crippen LogP contribution in [0.1, 0.15) is 15.9 Å². The van der Waals surface area contributed by atoms with E-state index in [4.69, 9.17) is 0 Å². The van der Waals surface area contributed by atoms with E-state index in [1.165, 1.54) is 12.1 Å².